The Morgan fingerprint density at radius 2 is 2.06 bits per heavy atom. The first kappa shape index (κ1) is 21.1. The third-order valence-electron chi connectivity index (χ3n) is 6.45. The zero-order chi connectivity index (χ0) is 22.3. The van der Waals surface area contributed by atoms with Gasteiger partial charge in [-0.25, -0.2) is 4.31 Å². The number of nitrogens with one attached hydrogen (secondary N) is 1. The first-order valence-corrected chi connectivity index (χ1v) is 12.8. The standard InChI is InChI=1S/C24H29N5O2S/c1-17-9-18(16-29(17)32(3,30)23-6-4-5-22(11-23)31-2)15-28-24-8-7-19(10-20(24)14-27-28)21-12-25-26-13-21/h4-8,10-14,17-18,30H,9,15-16H2,1-3H3,(H,25,26)/t17-,18?/m0/s1. The van der Waals surface area contributed by atoms with Crippen molar-refractivity contribution in [3.63, 3.8) is 0 Å². The van der Waals surface area contributed by atoms with Crippen LogP contribution in [0.3, 0.4) is 0 Å². The van der Waals surface area contributed by atoms with E-state index in [0.717, 1.165) is 52.2 Å². The molecular weight excluding hydrogens is 422 g/mol. The van der Waals surface area contributed by atoms with Crippen molar-refractivity contribution >= 4 is 21.4 Å². The summed E-state index contributed by atoms with van der Waals surface area (Å²) in [6, 6.07) is 14.5. The predicted molar refractivity (Wildman–Crippen MR) is 129 cm³/mol. The van der Waals surface area contributed by atoms with Crippen molar-refractivity contribution in [2.24, 2.45) is 5.92 Å². The zero-order valence-corrected chi connectivity index (χ0v) is 19.4. The molecule has 1 saturated heterocycles. The van der Waals surface area contributed by atoms with Crippen LogP contribution >= 0.6 is 10.5 Å². The van der Waals surface area contributed by atoms with E-state index in [1.54, 1.807) is 7.11 Å². The summed E-state index contributed by atoms with van der Waals surface area (Å²) in [4.78, 5) is 0.931. The summed E-state index contributed by atoms with van der Waals surface area (Å²) in [6.07, 6.45) is 8.66. The number of methoxy groups -OCH3 is 1. The van der Waals surface area contributed by atoms with Crippen molar-refractivity contribution in [2.45, 2.75) is 30.8 Å². The topological polar surface area (TPSA) is 79.2 Å². The van der Waals surface area contributed by atoms with Crippen LogP contribution in [0.1, 0.15) is 13.3 Å². The molecule has 0 bridgehead atoms. The number of H-pyrrole nitrogens is 1. The van der Waals surface area contributed by atoms with Crippen molar-refractivity contribution in [2.75, 3.05) is 19.9 Å². The van der Waals surface area contributed by atoms with Crippen molar-refractivity contribution < 1.29 is 9.29 Å². The van der Waals surface area contributed by atoms with Gasteiger partial charge in [-0.3, -0.25) is 9.78 Å². The third kappa shape index (κ3) is 3.79. The molecule has 2 aromatic heterocycles. The van der Waals surface area contributed by atoms with Gasteiger partial charge in [-0.15, -0.1) is 0 Å². The number of benzene rings is 2. The van der Waals surface area contributed by atoms with Gasteiger partial charge in [0, 0.05) is 47.4 Å². The molecule has 3 heterocycles. The van der Waals surface area contributed by atoms with Gasteiger partial charge in [0.15, 0.2) is 0 Å². The Balaban J connectivity index is 1.34. The van der Waals surface area contributed by atoms with Crippen molar-refractivity contribution in [3.05, 3.63) is 61.1 Å². The quantitative estimate of drug-likeness (QED) is 0.430. The number of rotatable bonds is 6. The minimum atomic E-state index is -2.09. The molecular formula is C24H29N5O2S. The second-order valence-corrected chi connectivity index (χ2v) is 11.3. The van der Waals surface area contributed by atoms with E-state index in [1.807, 2.05) is 49.1 Å². The minimum absolute atomic E-state index is 0.297. The van der Waals surface area contributed by atoms with Crippen LogP contribution in [0.4, 0.5) is 0 Å². The fourth-order valence-electron chi connectivity index (χ4n) is 4.78. The van der Waals surface area contributed by atoms with Gasteiger partial charge in [0.1, 0.15) is 5.75 Å². The number of fused-ring (bicyclic) bond motifs is 1. The summed E-state index contributed by atoms with van der Waals surface area (Å²) in [5.41, 5.74) is 3.34. The maximum Gasteiger partial charge on any atom is 0.120 e. The second-order valence-electron chi connectivity index (χ2n) is 8.65. The van der Waals surface area contributed by atoms with Gasteiger partial charge in [-0.05, 0) is 55.2 Å². The van der Waals surface area contributed by atoms with Crippen molar-refractivity contribution in [3.8, 4) is 16.9 Å². The number of ether oxygens (including phenoxy) is 1. The lowest BCUT2D eigenvalue weighted by molar-refractivity contribution is 0.396. The van der Waals surface area contributed by atoms with Crippen LogP contribution in [0.5, 0.6) is 5.75 Å². The molecule has 2 unspecified atom stereocenters. The van der Waals surface area contributed by atoms with E-state index in [-0.39, 0.29) is 0 Å². The Hall–Kier alpha value is -2.81. The maximum absolute atomic E-state index is 11.5. The summed E-state index contributed by atoms with van der Waals surface area (Å²) in [7, 11) is -0.434. The molecule has 0 aliphatic carbocycles. The second kappa shape index (κ2) is 8.27. The van der Waals surface area contributed by atoms with Gasteiger partial charge in [0.25, 0.3) is 0 Å². The monoisotopic (exact) mass is 451 g/mol. The average Bonchev–Trinajstić information content (AvgIpc) is 3.54. The van der Waals surface area contributed by atoms with Crippen LogP contribution in [-0.2, 0) is 6.54 Å². The minimum Gasteiger partial charge on any atom is -0.497 e. The molecule has 168 valence electrons. The molecule has 2 aromatic carbocycles. The maximum atomic E-state index is 11.5. The van der Waals surface area contributed by atoms with Crippen molar-refractivity contribution in [1.82, 2.24) is 24.3 Å². The molecule has 3 atom stereocenters. The normalized spacial score (nSPS) is 22.1. The third-order valence-corrected chi connectivity index (χ3v) is 9.02. The number of aromatic amines is 1. The van der Waals surface area contributed by atoms with Crippen molar-refractivity contribution in [1.29, 1.82) is 0 Å². The first-order valence-electron chi connectivity index (χ1n) is 10.8. The van der Waals surface area contributed by atoms with E-state index in [4.69, 9.17) is 4.74 Å². The smallest absolute Gasteiger partial charge is 0.120 e. The van der Waals surface area contributed by atoms with E-state index >= 15 is 0 Å². The summed E-state index contributed by atoms with van der Waals surface area (Å²) >= 11 is 0. The highest BCUT2D eigenvalue weighted by Crippen LogP contribution is 2.56. The van der Waals surface area contributed by atoms with Crippen LogP contribution in [0.25, 0.3) is 22.0 Å². The molecule has 8 heteroatoms. The molecule has 4 aromatic rings. The molecule has 2 N–H and O–H groups in total. The number of aromatic nitrogens is 4. The summed E-state index contributed by atoms with van der Waals surface area (Å²) in [5.74, 6) is 1.20. The van der Waals surface area contributed by atoms with Crippen LogP contribution in [0.15, 0.2) is 66.0 Å². The lowest BCUT2D eigenvalue weighted by atomic mass is 10.1. The molecule has 1 aliphatic rings. The van der Waals surface area contributed by atoms with E-state index < -0.39 is 10.5 Å². The summed E-state index contributed by atoms with van der Waals surface area (Å²) in [5, 5.41) is 12.7. The largest absolute Gasteiger partial charge is 0.497 e. The van der Waals surface area contributed by atoms with Crippen LogP contribution in [0, 0.1) is 5.92 Å². The van der Waals surface area contributed by atoms with E-state index in [2.05, 4.69) is 49.4 Å². The van der Waals surface area contributed by atoms with Gasteiger partial charge in [0.05, 0.1) is 25.0 Å². The highest BCUT2D eigenvalue weighted by atomic mass is 32.3. The molecule has 5 rings (SSSR count). The number of hydrogen-bond donors (Lipinski definition) is 2. The highest BCUT2D eigenvalue weighted by Gasteiger charge is 2.38. The van der Waals surface area contributed by atoms with Gasteiger partial charge < -0.3 is 9.29 Å². The average molecular weight is 452 g/mol. The van der Waals surface area contributed by atoms with E-state index in [9.17, 15) is 4.55 Å². The molecule has 0 radical (unpaired) electrons. The fraction of sp³-hybridized carbons (Fsp3) is 0.333. The Morgan fingerprint density at radius 3 is 2.84 bits per heavy atom. The Labute approximate surface area is 189 Å². The van der Waals surface area contributed by atoms with Gasteiger partial charge in [-0.2, -0.15) is 10.2 Å². The molecule has 0 amide bonds. The lowest BCUT2D eigenvalue weighted by Gasteiger charge is -2.41. The first-order chi connectivity index (χ1) is 15.5. The SMILES string of the molecule is COc1cccc(S(C)(O)N2CC(Cn3ncc4cc(-c5cn[nH]c5)ccc43)C[C@@H]2C)c1. The van der Waals surface area contributed by atoms with Gasteiger partial charge >= 0.3 is 0 Å². The summed E-state index contributed by atoms with van der Waals surface area (Å²) in [6.45, 7) is 3.89. The fourth-order valence-corrected chi connectivity index (χ4v) is 7.01. The number of nitrogens with zero attached hydrogens (tertiary/aromatic N) is 4. The zero-order valence-electron chi connectivity index (χ0n) is 18.6. The predicted octanol–water partition coefficient (Wildman–Crippen LogP) is 5.03. The van der Waals surface area contributed by atoms with E-state index in [1.165, 1.54) is 0 Å². The lowest BCUT2D eigenvalue weighted by Crippen LogP contribution is -2.30. The van der Waals surface area contributed by atoms with Gasteiger partial charge in [0.2, 0.25) is 0 Å². The molecule has 7 nitrogen and oxygen atoms in total. The van der Waals surface area contributed by atoms with Gasteiger partial charge in [-0.1, -0.05) is 22.6 Å². The summed E-state index contributed by atoms with van der Waals surface area (Å²) < 4.78 is 21.3. The molecule has 1 fully saturated rings. The Bertz CT molecular complexity index is 1220. The van der Waals surface area contributed by atoms with E-state index in [0.29, 0.717) is 12.0 Å². The number of hydrogen-bond acceptors (Lipinski definition) is 5. The molecule has 0 spiro atoms. The van der Waals surface area contributed by atoms with Crippen LogP contribution < -0.4 is 4.74 Å². The van der Waals surface area contributed by atoms with Crippen LogP contribution in [-0.4, -0.2) is 54.8 Å². The highest BCUT2D eigenvalue weighted by molar-refractivity contribution is 8.26. The molecule has 32 heavy (non-hydrogen) atoms. The Morgan fingerprint density at radius 1 is 1.19 bits per heavy atom. The van der Waals surface area contributed by atoms with Crippen LogP contribution in [0.2, 0.25) is 0 Å². The Kier molecular flexibility index (Phi) is 5.44. The molecule has 0 saturated carbocycles. The molecule has 1 aliphatic heterocycles.